The fourth-order valence-corrected chi connectivity index (χ4v) is 2.95. The number of nitrogens with zero attached hydrogens (tertiary/aromatic N) is 4. The normalized spacial score (nSPS) is 19.2. The smallest absolute Gasteiger partial charge is 0.232 e. The third kappa shape index (κ3) is 2.88. The van der Waals surface area contributed by atoms with Crippen LogP contribution in [0.5, 0.6) is 11.5 Å². The summed E-state index contributed by atoms with van der Waals surface area (Å²) in [5.74, 6) is 0.841. The molecule has 0 spiro atoms. The fourth-order valence-electron chi connectivity index (χ4n) is 2.95. The Morgan fingerprint density at radius 1 is 1.28 bits per heavy atom. The molecule has 4 rings (SSSR count). The van der Waals surface area contributed by atoms with Crippen molar-refractivity contribution >= 4 is 23.5 Å². The molecule has 1 N–H and O–H groups in total. The highest BCUT2D eigenvalue weighted by Crippen LogP contribution is 2.36. The van der Waals surface area contributed by atoms with E-state index in [0.29, 0.717) is 42.9 Å². The van der Waals surface area contributed by atoms with Crippen molar-refractivity contribution in [1.29, 1.82) is 0 Å². The molecule has 25 heavy (non-hydrogen) atoms. The van der Waals surface area contributed by atoms with Gasteiger partial charge in [-0.1, -0.05) is 0 Å². The number of aromatic nitrogens is 3. The Kier molecular flexibility index (Phi) is 3.75. The van der Waals surface area contributed by atoms with Crippen molar-refractivity contribution in [3.8, 4) is 11.5 Å². The van der Waals surface area contributed by atoms with E-state index in [9.17, 15) is 9.59 Å². The van der Waals surface area contributed by atoms with E-state index < -0.39 is 5.92 Å². The second-order valence-corrected chi connectivity index (χ2v) is 5.93. The zero-order valence-corrected chi connectivity index (χ0v) is 13.6. The molecule has 9 nitrogen and oxygen atoms in total. The van der Waals surface area contributed by atoms with E-state index in [-0.39, 0.29) is 18.2 Å². The summed E-state index contributed by atoms with van der Waals surface area (Å²) < 4.78 is 12.5. The minimum absolute atomic E-state index is 0.102. The molecule has 0 saturated carbocycles. The lowest BCUT2D eigenvalue weighted by Gasteiger charge is -2.22. The number of carbonyl (C=O) groups excluding carboxylic acids is 2. The van der Waals surface area contributed by atoms with Crippen LogP contribution in [0.25, 0.3) is 0 Å². The van der Waals surface area contributed by atoms with Crippen LogP contribution in [0.4, 0.5) is 11.6 Å². The van der Waals surface area contributed by atoms with E-state index in [1.807, 2.05) is 0 Å². The summed E-state index contributed by atoms with van der Waals surface area (Å²) in [6, 6.07) is 5.35. The summed E-state index contributed by atoms with van der Waals surface area (Å²) in [5.41, 5.74) is 0.697. The molecule has 1 atom stereocenters. The first-order valence-electron chi connectivity index (χ1n) is 7.96. The molecular weight excluding hydrogens is 326 g/mol. The van der Waals surface area contributed by atoms with E-state index in [1.165, 1.54) is 11.0 Å². The maximum Gasteiger partial charge on any atom is 0.232 e. The van der Waals surface area contributed by atoms with Crippen LogP contribution in [0.2, 0.25) is 0 Å². The Morgan fingerprint density at radius 2 is 2.08 bits per heavy atom. The van der Waals surface area contributed by atoms with Gasteiger partial charge in [0.1, 0.15) is 19.5 Å². The number of anilines is 2. The van der Waals surface area contributed by atoms with Gasteiger partial charge in [0.25, 0.3) is 0 Å². The Labute approximate surface area is 143 Å². The van der Waals surface area contributed by atoms with Crippen molar-refractivity contribution in [2.45, 2.75) is 6.42 Å². The van der Waals surface area contributed by atoms with Crippen LogP contribution in [-0.2, 0) is 16.6 Å². The highest BCUT2D eigenvalue weighted by atomic mass is 16.6. The average molecular weight is 343 g/mol. The second-order valence-electron chi connectivity index (χ2n) is 5.93. The number of aryl methyl sites for hydroxylation is 1. The van der Waals surface area contributed by atoms with Crippen molar-refractivity contribution in [2.75, 3.05) is 30.0 Å². The van der Waals surface area contributed by atoms with Gasteiger partial charge < -0.3 is 14.4 Å². The minimum Gasteiger partial charge on any atom is -0.486 e. The lowest BCUT2D eigenvalue weighted by molar-refractivity contribution is -0.122. The highest BCUT2D eigenvalue weighted by molar-refractivity contribution is 6.03. The van der Waals surface area contributed by atoms with Gasteiger partial charge in [-0.3, -0.25) is 14.9 Å². The molecule has 2 amide bonds. The SMILES string of the molecule is Cn1ncnc1NC(=O)C1CC(=O)N(c2ccc3c(c2)OCCO3)C1. The monoisotopic (exact) mass is 343 g/mol. The standard InChI is InChI=1S/C16H17N5O4/c1-20-16(17-9-18-20)19-15(23)10-6-14(22)21(8-10)11-2-3-12-13(7-11)25-5-4-24-12/h2-3,7,9-10H,4-6,8H2,1H3,(H,17,18,19,23). The first-order chi connectivity index (χ1) is 12.1. The van der Waals surface area contributed by atoms with Gasteiger partial charge in [0.15, 0.2) is 11.5 Å². The van der Waals surface area contributed by atoms with Crippen LogP contribution < -0.4 is 19.7 Å². The van der Waals surface area contributed by atoms with Crippen molar-refractivity contribution in [3.05, 3.63) is 24.5 Å². The topological polar surface area (TPSA) is 98.6 Å². The Morgan fingerprint density at radius 3 is 2.84 bits per heavy atom. The molecule has 0 radical (unpaired) electrons. The maximum atomic E-state index is 12.4. The Hall–Kier alpha value is -3.10. The molecule has 9 heteroatoms. The van der Waals surface area contributed by atoms with Gasteiger partial charge in [0.2, 0.25) is 17.8 Å². The number of hydrogen-bond donors (Lipinski definition) is 1. The van der Waals surface area contributed by atoms with E-state index >= 15 is 0 Å². The van der Waals surface area contributed by atoms with E-state index in [0.717, 1.165) is 0 Å². The van der Waals surface area contributed by atoms with Crippen molar-refractivity contribution in [3.63, 3.8) is 0 Å². The fraction of sp³-hybridized carbons (Fsp3) is 0.375. The number of amides is 2. The van der Waals surface area contributed by atoms with Crippen LogP contribution in [-0.4, -0.2) is 46.3 Å². The van der Waals surface area contributed by atoms with E-state index in [4.69, 9.17) is 9.47 Å². The third-order valence-corrected chi connectivity index (χ3v) is 4.28. The predicted molar refractivity (Wildman–Crippen MR) is 87.5 cm³/mol. The van der Waals surface area contributed by atoms with Gasteiger partial charge in [-0.05, 0) is 12.1 Å². The minimum atomic E-state index is -0.447. The maximum absolute atomic E-state index is 12.4. The zero-order valence-electron chi connectivity index (χ0n) is 13.6. The van der Waals surface area contributed by atoms with Crippen LogP contribution in [0.1, 0.15) is 6.42 Å². The summed E-state index contributed by atoms with van der Waals surface area (Å²) in [6.45, 7) is 1.30. The number of carbonyl (C=O) groups is 2. The molecule has 2 aromatic rings. The van der Waals surface area contributed by atoms with Gasteiger partial charge in [-0.25, -0.2) is 4.68 Å². The quantitative estimate of drug-likeness (QED) is 0.875. The largest absolute Gasteiger partial charge is 0.486 e. The van der Waals surface area contributed by atoms with Crippen molar-refractivity contribution in [1.82, 2.24) is 14.8 Å². The molecule has 0 bridgehead atoms. The second kappa shape index (κ2) is 6.08. The molecule has 1 aromatic carbocycles. The van der Waals surface area contributed by atoms with Crippen LogP contribution in [0.15, 0.2) is 24.5 Å². The first-order valence-corrected chi connectivity index (χ1v) is 7.96. The van der Waals surface area contributed by atoms with E-state index in [1.54, 1.807) is 30.1 Å². The van der Waals surface area contributed by atoms with Crippen LogP contribution in [0.3, 0.4) is 0 Å². The first kappa shape index (κ1) is 15.4. The van der Waals surface area contributed by atoms with Crippen LogP contribution in [0, 0.1) is 5.92 Å². The highest BCUT2D eigenvalue weighted by Gasteiger charge is 2.36. The Bertz CT molecular complexity index is 834. The lowest BCUT2D eigenvalue weighted by atomic mass is 10.1. The van der Waals surface area contributed by atoms with Crippen LogP contribution >= 0.6 is 0 Å². The molecule has 3 heterocycles. The third-order valence-electron chi connectivity index (χ3n) is 4.28. The van der Waals surface area contributed by atoms with Gasteiger partial charge in [-0.15, -0.1) is 0 Å². The van der Waals surface area contributed by atoms with E-state index in [2.05, 4.69) is 15.4 Å². The number of ether oxygens (including phenoxy) is 2. The number of hydrogen-bond acceptors (Lipinski definition) is 6. The van der Waals surface area contributed by atoms with Crippen molar-refractivity contribution < 1.29 is 19.1 Å². The molecule has 2 aliphatic rings. The van der Waals surface area contributed by atoms with Crippen molar-refractivity contribution in [2.24, 2.45) is 13.0 Å². The summed E-state index contributed by atoms with van der Waals surface area (Å²) in [4.78, 5) is 30.3. The summed E-state index contributed by atoms with van der Waals surface area (Å²) in [5, 5.41) is 6.60. The molecule has 130 valence electrons. The molecule has 1 fully saturated rings. The number of benzene rings is 1. The lowest BCUT2D eigenvalue weighted by Crippen LogP contribution is -2.29. The Balaban J connectivity index is 1.48. The van der Waals surface area contributed by atoms with Gasteiger partial charge >= 0.3 is 0 Å². The molecule has 1 saturated heterocycles. The summed E-state index contributed by atoms with van der Waals surface area (Å²) in [6.07, 6.45) is 1.51. The van der Waals surface area contributed by atoms with Gasteiger partial charge in [0.05, 0.1) is 5.92 Å². The molecule has 1 aromatic heterocycles. The molecular formula is C16H17N5O4. The number of nitrogens with one attached hydrogen (secondary N) is 1. The van der Waals surface area contributed by atoms with Gasteiger partial charge in [0, 0.05) is 31.8 Å². The van der Waals surface area contributed by atoms with Gasteiger partial charge in [-0.2, -0.15) is 10.1 Å². The average Bonchev–Trinajstić information content (AvgIpc) is 3.20. The summed E-state index contributed by atoms with van der Waals surface area (Å²) in [7, 11) is 1.68. The zero-order chi connectivity index (χ0) is 17.4. The summed E-state index contributed by atoms with van der Waals surface area (Å²) >= 11 is 0. The molecule has 1 unspecified atom stereocenters. The number of rotatable bonds is 3. The number of fused-ring (bicyclic) bond motifs is 1. The molecule has 0 aliphatic carbocycles. The molecule has 2 aliphatic heterocycles. The predicted octanol–water partition coefficient (Wildman–Crippen LogP) is 0.578.